The molecular formula is C17H19NO2S. The largest absolute Gasteiger partial charge is 0.462 e. The second-order valence-corrected chi connectivity index (χ2v) is 6.08. The van der Waals surface area contributed by atoms with Crippen molar-refractivity contribution in [2.45, 2.75) is 31.7 Å². The number of carbonyl (C=O) groups is 1. The molecule has 0 saturated carbocycles. The highest BCUT2D eigenvalue weighted by Gasteiger charge is 2.31. The summed E-state index contributed by atoms with van der Waals surface area (Å²) in [4.78, 5) is 12.1. The average molecular weight is 301 g/mol. The normalized spacial score (nSPS) is 20.9. The van der Waals surface area contributed by atoms with Gasteiger partial charge in [0.25, 0.3) is 0 Å². The Balaban J connectivity index is 2.04. The molecule has 1 aromatic heterocycles. The molecule has 0 fully saturated rings. The van der Waals surface area contributed by atoms with Gasteiger partial charge in [0.2, 0.25) is 0 Å². The monoisotopic (exact) mass is 301 g/mol. The van der Waals surface area contributed by atoms with Gasteiger partial charge < -0.3 is 10.5 Å². The van der Waals surface area contributed by atoms with Gasteiger partial charge in [0.1, 0.15) is 0 Å². The van der Waals surface area contributed by atoms with Gasteiger partial charge in [-0.05, 0) is 41.8 Å². The van der Waals surface area contributed by atoms with Crippen LogP contribution in [0.25, 0.3) is 0 Å². The number of fused-ring (bicyclic) bond motifs is 1. The fourth-order valence-corrected chi connectivity index (χ4v) is 3.96. The van der Waals surface area contributed by atoms with Crippen molar-refractivity contribution < 1.29 is 9.53 Å². The van der Waals surface area contributed by atoms with E-state index in [1.807, 2.05) is 23.8 Å². The average Bonchev–Trinajstić information content (AvgIpc) is 2.96. The Bertz CT molecular complexity index is 650. The molecule has 4 heteroatoms. The van der Waals surface area contributed by atoms with Crippen LogP contribution in [-0.4, -0.2) is 18.6 Å². The number of benzene rings is 1. The van der Waals surface area contributed by atoms with E-state index in [9.17, 15) is 4.79 Å². The molecular weight excluding hydrogens is 282 g/mol. The Hall–Kier alpha value is -1.65. The van der Waals surface area contributed by atoms with Crippen LogP contribution >= 0.6 is 11.3 Å². The van der Waals surface area contributed by atoms with Crippen molar-refractivity contribution in [1.82, 2.24) is 0 Å². The zero-order valence-electron chi connectivity index (χ0n) is 12.0. The van der Waals surface area contributed by atoms with Gasteiger partial charge in [0.05, 0.1) is 12.2 Å². The molecule has 3 rings (SSSR count). The number of carbonyl (C=O) groups excluding carboxylic acids is 1. The third-order valence-corrected chi connectivity index (χ3v) is 4.85. The lowest BCUT2D eigenvalue weighted by atomic mass is 9.76. The van der Waals surface area contributed by atoms with E-state index in [-0.39, 0.29) is 17.9 Å². The fourth-order valence-electron chi connectivity index (χ4n) is 3.11. The van der Waals surface area contributed by atoms with E-state index in [0.29, 0.717) is 12.2 Å². The lowest BCUT2D eigenvalue weighted by molar-refractivity contribution is 0.0525. The van der Waals surface area contributed by atoms with Gasteiger partial charge in [-0.3, -0.25) is 0 Å². The highest BCUT2D eigenvalue weighted by molar-refractivity contribution is 7.08. The first-order valence-corrected chi connectivity index (χ1v) is 8.23. The molecule has 0 bridgehead atoms. The minimum Gasteiger partial charge on any atom is -0.462 e. The maximum absolute atomic E-state index is 12.1. The molecule has 2 unspecified atom stereocenters. The maximum atomic E-state index is 12.1. The molecule has 0 amide bonds. The van der Waals surface area contributed by atoms with Crippen LogP contribution in [0, 0.1) is 0 Å². The molecule has 3 nitrogen and oxygen atoms in total. The summed E-state index contributed by atoms with van der Waals surface area (Å²) >= 11 is 1.53. The first-order valence-electron chi connectivity index (χ1n) is 7.29. The van der Waals surface area contributed by atoms with Crippen molar-refractivity contribution in [2.24, 2.45) is 5.73 Å². The molecule has 2 N–H and O–H groups in total. The molecule has 0 saturated heterocycles. The minimum absolute atomic E-state index is 0.0441. The summed E-state index contributed by atoms with van der Waals surface area (Å²) in [7, 11) is 0. The summed E-state index contributed by atoms with van der Waals surface area (Å²) in [5.41, 5.74) is 10.6. The second-order valence-electron chi connectivity index (χ2n) is 5.34. The molecule has 0 spiro atoms. The Kier molecular flexibility index (Phi) is 4.08. The topological polar surface area (TPSA) is 52.3 Å². The Morgan fingerprint density at radius 3 is 2.95 bits per heavy atom. The molecule has 1 heterocycles. The number of hydrogen-bond donors (Lipinski definition) is 1. The van der Waals surface area contributed by atoms with Crippen molar-refractivity contribution in [3.05, 3.63) is 57.3 Å². The summed E-state index contributed by atoms with van der Waals surface area (Å²) < 4.78 is 5.17. The standard InChI is InChI=1S/C17H19NO2S/c1-2-20-17(19)14-10-21-9-13(14)16-12-6-4-3-5-11(12)7-8-15(16)18/h3-6,9-10,15-16H,2,7-8,18H2,1H3. The summed E-state index contributed by atoms with van der Waals surface area (Å²) in [6, 6.07) is 8.44. The number of esters is 1. The minimum atomic E-state index is -0.246. The number of rotatable bonds is 3. The third kappa shape index (κ3) is 2.61. The predicted octanol–water partition coefficient (Wildman–Crippen LogP) is 3.33. The molecule has 110 valence electrons. The van der Waals surface area contributed by atoms with Crippen LogP contribution in [0.3, 0.4) is 0 Å². The number of hydrogen-bond acceptors (Lipinski definition) is 4. The molecule has 2 aromatic rings. The van der Waals surface area contributed by atoms with E-state index in [2.05, 4.69) is 18.2 Å². The van der Waals surface area contributed by atoms with Crippen LogP contribution < -0.4 is 5.73 Å². The van der Waals surface area contributed by atoms with E-state index in [1.165, 1.54) is 22.5 Å². The van der Waals surface area contributed by atoms with Crippen LogP contribution in [0.2, 0.25) is 0 Å². The molecule has 1 aromatic carbocycles. The highest BCUT2D eigenvalue weighted by atomic mass is 32.1. The van der Waals surface area contributed by atoms with Gasteiger partial charge in [-0.25, -0.2) is 4.79 Å². The Morgan fingerprint density at radius 2 is 2.14 bits per heavy atom. The maximum Gasteiger partial charge on any atom is 0.339 e. The van der Waals surface area contributed by atoms with E-state index in [0.717, 1.165) is 18.4 Å². The van der Waals surface area contributed by atoms with Gasteiger partial charge in [0.15, 0.2) is 0 Å². The van der Waals surface area contributed by atoms with Crippen molar-refractivity contribution in [3.63, 3.8) is 0 Å². The lowest BCUT2D eigenvalue weighted by Gasteiger charge is -2.31. The van der Waals surface area contributed by atoms with Crippen molar-refractivity contribution in [3.8, 4) is 0 Å². The van der Waals surface area contributed by atoms with E-state index in [4.69, 9.17) is 10.5 Å². The van der Waals surface area contributed by atoms with Gasteiger partial charge >= 0.3 is 5.97 Å². The Labute approximate surface area is 128 Å². The quantitative estimate of drug-likeness (QED) is 0.885. The number of thiophene rings is 1. The molecule has 21 heavy (non-hydrogen) atoms. The molecule has 2 atom stereocenters. The van der Waals surface area contributed by atoms with Gasteiger partial charge in [-0.2, -0.15) is 11.3 Å². The van der Waals surface area contributed by atoms with Crippen LogP contribution in [0.15, 0.2) is 35.0 Å². The Morgan fingerprint density at radius 1 is 1.33 bits per heavy atom. The van der Waals surface area contributed by atoms with Crippen molar-refractivity contribution in [2.75, 3.05) is 6.61 Å². The molecule has 0 aliphatic heterocycles. The SMILES string of the molecule is CCOC(=O)c1cscc1C1c2ccccc2CCC1N. The second kappa shape index (κ2) is 6.00. The fraction of sp³-hybridized carbons (Fsp3) is 0.353. The van der Waals surface area contributed by atoms with Gasteiger partial charge in [0, 0.05) is 17.3 Å². The summed E-state index contributed by atoms with van der Waals surface area (Å²) in [5, 5.41) is 3.91. The van der Waals surface area contributed by atoms with Crippen LogP contribution in [-0.2, 0) is 11.2 Å². The summed E-state index contributed by atoms with van der Waals surface area (Å²) in [6.07, 6.45) is 1.95. The van der Waals surface area contributed by atoms with Crippen LogP contribution in [0.5, 0.6) is 0 Å². The van der Waals surface area contributed by atoms with Crippen LogP contribution in [0.4, 0.5) is 0 Å². The first-order chi connectivity index (χ1) is 10.2. The zero-order valence-corrected chi connectivity index (χ0v) is 12.9. The summed E-state index contributed by atoms with van der Waals surface area (Å²) in [6.45, 7) is 2.22. The van der Waals surface area contributed by atoms with E-state index >= 15 is 0 Å². The predicted molar refractivity (Wildman–Crippen MR) is 84.9 cm³/mol. The van der Waals surface area contributed by atoms with Crippen molar-refractivity contribution >= 4 is 17.3 Å². The van der Waals surface area contributed by atoms with E-state index < -0.39 is 0 Å². The van der Waals surface area contributed by atoms with Crippen molar-refractivity contribution in [1.29, 1.82) is 0 Å². The van der Waals surface area contributed by atoms with Crippen LogP contribution in [0.1, 0.15) is 46.3 Å². The summed E-state index contributed by atoms with van der Waals surface area (Å²) in [5.74, 6) is -0.162. The number of nitrogens with two attached hydrogens (primary N) is 1. The first kappa shape index (κ1) is 14.3. The number of ether oxygens (including phenoxy) is 1. The zero-order chi connectivity index (χ0) is 14.8. The lowest BCUT2D eigenvalue weighted by Crippen LogP contribution is -2.34. The van der Waals surface area contributed by atoms with E-state index in [1.54, 1.807) is 0 Å². The molecule has 1 aliphatic rings. The van der Waals surface area contributed by atoms with Gasteiger partial charge in [-0.1, -0.05) is 24.3 Å². The smallest absolute Gasteiger partial charge is 0.339 e. The molecule has 1 aliphatic carbocycles. The number of aryl methyl sites for hydroxylation is 1. The highest BCUT2D eigenvalue weighted by Crippen LogP contribution is 2.38. The third-order valence-electron chi connectivity index (χ3n) is 4.09. The van der Waals surface area contributed by atoms with Gasteiger partial charge in [-0.15, -0.1) is 0 Å². The molecule has 0 radical (unpaired) electrons.